The highest BCUT2D eigenvalue weighted by Crippen LogP contribution is 2.07. The Bertz CT molecular complexity index is 323. The maximum atomic E-state index is 10.1. The third-order valence-electron chi connectivity index (χ3n) is 1.90. The van der Waals surface area contributed by atoms with Crippen molar-refractivity contribution >= 4 is 18.6 Å². The normalized spacial score (nSPS) is 10.3. The molecule has 0 heterocycles. The zero-order chi connectivity index (χ0) is 10.2. The summed E-state index contributed by atoms with van der Waals surface area (Å²) >= 11 is 0. The number of aldehydes is 2. The zero-order valence-electron chi connectivity index (χ0n) is 7.85. The summed E-state index contributed by atoms with van der Waals surface area (Å²) in [7, 11) is 0. The Morgan fingerprint density at radius 3 is 2.36 bits per heavy atom. The Morgan fingerprint density at radius 1 is 1.07 bits per heavy atom. The fourth-order valence-electron chi connectivity index (χ4n) is 1.17. The largest absolute Gasteiger partial charge is 0.303 e. The molecule has 0 fully saturated rings. The third-order valence-corrected chi connectivity index (χ3v) is 1.90. The smallest absolute Gasteiger partial charge is 0.142 e. The first-order valence-corrected chi connectivity index (χ1v) is 4.51. The second-order valence-electron chi connectivity index (χ2n) is 2.94. The lowest BCUT2D eigenvalue weighted by molar-refractivity contribution is -0.107. The van der Waals surface area contributed by atoms with E-state index in [2.05, 4.69) is 0 Å². The maximum Gasteiger partial charge on any atom is 0.142 e. The summed E-state index contributed by atoms with van der Waals surface area (Å²) in [6, 6.07) is 7.79. The molecule has 0 bridgehead atoms. The van der Waals surface area contributed by atoms with E-state index in [1.807, 2.05) is 24.3 Å². The third kappa shape index (κ3) is 3.35. The summed E-state index contributed by atoms with van der Waals surface area (Å²) in [5.74, 6) is 0. The van der Waals surface area contributed by atoms with Crippen molar-refractivity contribution in [3.05, 3.63) is 41.5 Å². The van der Waals surface area contributed by atoms with Crippen LogP contribution in [0.2, 0.25) is 0 Å². The van der Waals surface area contributed by atoms with Crippen LogP contribution in [0.15, 0.2) is 30.3 Å². The minimum Gasteiger partial charge on any atom is -0.303 e. The topological polar surface area (TPSA) is 34.1 Å². The molecular weight excluding hydrogens is 176 g/mol. The van der Waals surface area contributed by atoms with Crippen molar-refractivity contribution in [1.29, 1.82) is 0 Å². The van der Waals surface area contributed by atoms with Crippen LogP contribution in [0, 0.1) is 0 Å². The molecule has 0 amide bonds. The van der Waals surface area contributed by atoms with E-state index < -0.39 is 0 Å². The van der Waals surface area contributed by atoms with E-state index in [0.717, 1.165) is 30.1 Å². The van der Waals surface area contributed by atoms with E-state index in [9.17, 15) is 9.59 Å². The van der Waals surface area contributed by atoms with Crippen LogP contribution in [0.1, 0.15) is 17.5 Å². The molecule has 14 heavy (non-hydrogen) atoms. The fraction of sp³-hybridized carbons (Fsp3) is 0.167. The predicted octanol–water partition coefficient (Wildman–Crippen LogP) is 2.03. The molecule has 2 nitrogen and oxygen atoms in total. The van der Waals surface area contributed by atoms with E-state index in [4.69, 9.17) is 0 Å². The SMILES string of the molecule is O=C/C=C/c1ccc(CCC=O)cc1. The quantitative estimate of drug-likeness (QED) is 0.523. The molecule has 0 aliphatic carbocycles. The maximum absolute atomic E-state index is 10.1. The molecule has 0 atom stereocenters. The highest BCUT2D eigenvalue weighted by molar-refractivity contribution is 5.73. The van der Waals surface area contributed by atoms with E-state index >= 15 is 0 Å². The molecule has 0 aliphatic rings. The molecule has 0 unspecified atom stereocenters. The number of aryl methyl sites for hydroxylation is 1. The molecule has 0 spiro atoms. The first-order chi connectivity index (χ1) is 6.86. The first kappa shape index (κ1) is 10.4. The minimum atomic E-state index is 0.559. The second-order valence-corrected chi connectivity index (χ2v) is 2.94. The van der Waals surface area contributed by atoms with Crippen LogP contribution in [0.3, 0.4) is 0 Å². The van der Waals surface area contributed by atoms with Gasteiger partial charge in [-0.15, -0.1) is 0 Å². The van der Waals surface area contributed by atoms with Gasteiger partial charge in [0.2, 0.25) is 0 Å². The minimum absolute atomic E-state index is 0.559. The lowest BCUT2D eigenvalue weighted by Gasteiger charge is -1.97. The molecule has 1 rings (SSSR count). The summed E-state index contributed by atoms with van der Waals surface area (Å²) in [5.41, 5.74) is 2.13. The molecule has 2 heteroatoms. The van der Waals surface area contributed by atoms with Gasteiger partial charge in [-0.1, -0.05) is 30.3 Å². The Kier molecular flexibility index (Phi) is 4.35. The van der Waals surface area contributed by atoms with Crippen molar-refractivity contribution in [2.45, 2.75) is 12.8 Å². The van der Waals surface area contributed by atoms with Gasteiger partial charge in [0.15, 0.2) is 0 Å². The predicted molar refractivity (Wildman–Crippen MR) is 55.9 cm³/mol. The summed E-state index contributed by atoms with van der Waals surface area (Å²) in [6.07, 6.45) is 6.21. The van der Waals surface area contributed by atoms with Crippen molar-refractivity contribution in [3.63, 3.8) is 0 Å². The van der Waals surface area contributed by atoms with Crippen LogP contribution >= 0.6 is 0 Å². The van der Waals surface area contributed by atoms with Crippen LogP contribution in [0.25, 0.3) is 6.08 Å². The molecule has 0 saturated carbocycles. The van der Waals surface area contributed by atoms with Crippen LogP contribution < -0.4 is 0 Å². The van der Waals surface area contributed by atoms with Crippen molar-refractivity contribution in [1.82, 2.24) is 0 Å². The number of carbonyl (C=O) groups is 2. The van der Waals surface area contributed by atoms with Gasteiger partial charge in [-0.05, 0) is 23.6 Å². The molecule has 0 N–H and O–H groups in total. The summed E-state index contributed by atoms with van der Waals surface area (Å²) in [6.45, 7) is 0. The average Bonchev–Trinajstić information content (AvgIpc) is 2.25. The summed E-state index contributed by atoms with van der Waals surface area (Å²) in [4.78, 5) is 20.2. The van der Waals surface area contributed by atoms with Crippen LogP contribution in [0.4, 0.5) is 0 Å². The number of carbonyl (C=O) groups excluding carboxylic acids is 2. The van der Waals surface area contributed by atoms with Crippen LogP contribution in [0.5, 0.6) is 0 Å². The Labute approximate surface area is 83.3 Å². The van der Waals surface area contributed by atoms with Gasteiger partial charge in [0.05, 0.1) is 0 Å². The van der Waals surface area contributed by atoms with E-state index in [-0.39, 0.29) is 0 Å². The van der Waals surface area contributed by atoms with Crippen molar-refractivity contribution < 1.29 is 9.59 Å². The van der Waals surface area contributed by atoms with Crippen LogP contribution in [-0.4, -0.2) is 12.6 Å². The van der Waals surface area contributed by atoms with Gasteiger partial charge in [-0.25, -0.2) is 0 Å². The Morgan fingerprint density at radius 2 is 1.79 bits per heavy atom. The highest BCUT2D eigenvalue weighted by Gasteiger charge is 1.91. The van der Waals surface area contributed by atoms with Gasteiger partial charge in [-0.2, -0.15) is 0 Å². The molecule has 1 aromatic carbocycles. The number of rotatable bonds is 5. The monoisotopic (exact) mass is 188 g/mol. The molecule has 1 aromatic rings. The van der Waals surface area contributed by atoms with Crippen molar-refractivity contribution in [3.8, 4) is 0 Å². The van der Waals surface area contributed by atoms with Crippen molar-refractivity contribution in [2.75, 3.05) is 0 Å². The van der Waals surface area contributed by atoms with E-state index in [1.165, 1.54) is 6.08 Å². The molecule has 0 radical (unpaired) electrons. The average molecular weight is 188 g/mol. The van der Waals surface area contributed by atoms with Gasteiger partial charge >= 0.3 is 0 Å². The lowest BCUT2D eigenvalue weighted by Crippen LogP contribution is -1.85. The number of allylic oxidation sites excluding steroid dienone is 1. The molecule has 0 aliphatic heterocycles. The molecule has 72 valence electrons. The standard InChI is InChI=1S/C12H12O2/c13-9-1-3-11-5-7-12(8-6-11)4-2-10-14/h1,3,5-10H,2,4H2/b3-1+. The molecule has 0 aromatic heterocycles. The summed E-state index contributed by atoms with van der Waals surface area (Å²) in [5, 5.41) is 0. The first-order valence-electron chi connectivity index (χ1n) is 4.51. The van der Waals surface area contributed by atoms with E-state index in [1.54, 1.807) is 6.08 Å². The van der Waals surface area contributed by atoms with Gasteiger partial charge in [0.1, 0.15) is 12.6 Å². The number of benzene rings is 1. The van der Waals surface area contributed by atoms with Gasteiger partial charge < -0.3 is 4.79 Å². The Balaban J connectivity index is 2.63. The molecular formula is C12H12O2. The lowest BCUT2D eigenvalue weighted by atomic mass is 10.1. The number of hydrogen-bond acceptors (Lipinski definition) is 2. The number of hydrogen-bond donors (Lipinski definition) is 0. The Hall–Kier alpha value is -1.70. The van der Waals surface area contributed by atoms with Gasteiger partial charge in [-0.3, -0.25) is 4.79 Å². The second kappa shape index (κ2) is 5.86. The van der Waals surface area contributed by atoms with Gasteiger partial charge in [0, 0.05) is 6.42 Å². The van der Waals surface area contributed by atoms with E-state index in [0.29, 0.717) is 6.42 Å². The fourth-order valence-corrected chi connectivity index (χ4v) is 1.17. The summed E-state index contributed by atoms with van der Waals surface area (Å²) < 4.78 is 0. The van der Waals surface area contributed by atoms with Crippen molar-refractivity contribution in [2.24, 2.45) is 0 Å². The van der Waals surface area contributed by atoms with Crippen LogP contribution in [-0.2, 0) is 16.0 Å². The molecule has 0 saturated heterocycles. The zero-order valence-corrected chi connectivity index (χ0v) is 7.85. The van der Waals surface area contributed by atoms with Gasteiger partial charge in [0.25, 0.3) is 0 Å². The highest BCUT2D eigenvalue weighted by atomic mass is 16.1.